The van der Waals surface area contributed by atoms with Crippen LogP contribution >= 0.6 is 23.2 Å². The summed E-state index contributed by atoms with van der Waals surface area (Å²) >= 11 is 12.5. The van der Waals surface area contributed by atoms with Crippen LogP contribution in [-0.4, -0.2) is 14.5 Å². The van der Waals surface area contributed by atoms with E-state index >= 15 is 0 Å². The number of benzene rings is 2. The monoisotopic (exact) mass is 383 g/mol. The Balaban J connectivity index is 1.77. The fourth-order valence-electron chi connectivity index (χ4n) is 2.88. The normalized spacial score (nSPS) is 11.0. The predicted molar refractivity (Wildman–Crippen MR) is 104 cm³/mol. The fourth-order valence-corrected chi connectivity index (χ4v) is 3.39. The smallest absolute Gasteiger partial charge is 0.146 e. The van der Waals surface area contributed by atoms with Crippen molar-refractivity contribution in [1.29, 1.82) is 0 Å². The Morgan fingerprint density at radius 2 is 1.85 bits per heavy atom. The van der Waals surface area contributed by atoms with Crippen molar-refractivity contribution >= 4 is 34.1 Å². The molecule has 6 heteroatoms. The second kappa shape index (κ2) is 6.98. The average Bonchev–Trinajstić information content (AvgIpc) is 3.15. The van der Waals surface area contributed by atoms with Crippen LogP contribution in [0.25, 0.3) is 16.6 Å². The first-order valence-electron chi connectivity index (χ1n) is 8.08. The standard InChI is InChI=1S/C20H15Cl2N3O/c1-13-10-18(25-9-8-23-12-25)14-4-2-7-19(20(14)24-13)26-11-15-16(21)5-3-6-17(15)22/h2-10,12H,11H2,1H3. The summed E-state index contributed by atoms with van der Waals surface area (Å²) in [6.45, 7) is 2.23. The van der Waals surface area contributed by atoms with Crippen LogP contribution in [0.4, 0.5) is 0 Å². The lowest BCUT2D eigenvalue weighted by atomic mass is 10.1. The Morgan fingerprint density at radius 3 is 2.58 bits per heavy atom. The highest BCUT2D eigenvalue weighted by atomic mass is 35.5. The molecular formula is C20H15Cl2N3O. The minimum Gasteiger partial charge on any atom is -0.487 e. The van der Waals surface area contributed by atoms with Gasteiger partial charge < -0.3 is 9.30 Å². The van der Waals surface area contributed by atoms with Gasteiger partial charge in [-0.1, -0.05) is 41.4 Å². The number of aromatic nitrogens is 3. The molecule has 0 bridgehead atoms. The first kappa shape index (κ1) is 16.9. The van der Waals surface area contributed by atoms with Crippen LogP contribution in [-0.2, 0) is 6.61 Å². The van der Waals surface area contributed by atoms with Crippen molar-refractivity contribution in [3.05, 3.63) is 82.5 Å². The van der Waals surface area contributed by atoms with E-state index in [1.807, 2.05) is 48.0 Å². The average molecular weight is 384 g/mol. The predicted octanol–water partition coefficient (Wildman–Crippen LogP) is 5.61. The zero-order valence-electron chi connectivity index (χ0n) is 14.0. The van der Waals surface area contributed by atoms with Crippen LogP contribution in [0, 0.1) is 6.92 Å². The number of halogens is 2. The molecule has 0 aliphatic heterocycles. The number of ether oxygens (including phenoxy) is 1. The number of para-hydroxylation sites is 1. The third-order valence-electron chi connectivity index (χ3n) is 4.12. The van der Waals surface area contributed by atoms with Crippen molar-refractivity contribution in [3.63, 3.8) is 0 Å². The van der Waals surface area contributed by atoms with Crippen molar-refractivity contribution in [1.82, 2.24) is 14.5 Å². The summed E-state index contributed by atoms with van der Waals surface area (Å²) in [7, 11) is 0. The number of aryl methyl sites for hydroxylation is 1. The van der Waals surface area contributed by atoms with Gasteiger partial charge in [0, 0.05) is 39.1 Å². The summed E-state index contributed by atoms with van der Waals surface area (Å²) in [4.78, 5) is 8.81. The lowest BCUT2D eigenvalue weighted by Crippen LogP contribution is -2.01. The van der Waals surface area contributed by atoms with Gasteiger partial charge in [-0.3, -0.25) is 0 Å². The van der Waals surface area contributed by atoms with Gasteiger partial charge in [-0.2, -0.15) is 0 Å². The largest absolute Gasteiger partial charge is 0.487 e. The summed E-state index contributed by atoms with van der Waals surface area (Å²) in [5, 5.41) is 2.15. The fraction of sp³-hybridized carbons (Fsp3) is 0.100. The summed E-state index contributed by atoms with van der Waals surface area (Å²) in [5.41, 5.74) is 3.45. The quantitative estimate of drug-likeness (QED) is 0.459. The Labute approximate surface area is 161 Å². The molecule has 2 aromatic heterocycles. The molecule has 0 amide bonds. The molecule has 0 saturated heterocycles. The van der Waals surface area contributed by atoms with Gasteiger partial charge in [-0.05, 0) is 31.2 Å². The van der Waals surface area contributed by atoms with E-state index < -0.39 is 0 Å². The first-order valence-corrected chi connectivity index (χ1v) is 8.83. The van der Waals surface area contributed by atoms with Crippen LogP contribution in [0.1, 0.15) is 11.3 Å². The molecule has 2 heterocycles. The maximum absolute atomic E-state index is 6.24. The molecule has 0 N–H and O–H groups in total. The van der Waals surface area contributed by atoms with Crippen molar-refractivity contribution in [2.75, 3.05) is 0 Å². The van der Waals surface area contributed by atoms with Gasteiger partial charge in [0.1, 0.15) is 17.9 Å². The van der Waals surface area contributed by atoms with E-state index in [0.717, 1.165) is 27.8 Å². The third-order valence-corrected chi connectivity index (χ3v) is 4.83. The molecule has 0 unspecified atom stereocenters. The van der Waals surface area contributed by atoms with E-state index in [4.69, 9.17) is 27.9 Å². The van der Waals surface area contributed by atoms with Crippen molar-refractivity contribution in [3.8, 4) is 11.4 Å². The highest BCUT2D eigenvalue weighted by Crippen LogP contribution is 2.31. The SMILES string of the molecule is Cc1cc(-n2ccnc2)c2cccc(OCc3c(Cl)cccc3Cl)c2n1. The second-order valence-electron chi connectivity index (χ2n) is 5.89. The minimum absolute atomic E-state index is 0.271. The molecule has 0 saturated carbocycles. The van der Waals surface area contributed by atoms with Gasteiger partial charge in [-0.15, -0.1) is 0 Å². The molecule has 0 aliphatic rings. The van der Waals surface area contributed by atoms with E-state index in [2.05, 4.69) is 9.97 Å². The van der Waals surface area contributed by atoms with Crippen molar-refractivity contribution in [2.45, 2.75) is 13.5 Å². The lowest BCUT2D eigenvalue weighted by Gasteiger charge is -2.14. The Morgan fingerprint density at radius 1 is 1.08 bits per heavy atom. The Hall–Kier alpha value is -2.56. The second-order valence-corrected chi connectivity index (χ2v) is 6.71. The molecule has 0 aliphatic carbocycles. The Kier molecular flexibility index (Phi) is 4.53. The number of hydrogen-bond donors (Lipinski definition) is 0. The third kappa shape index (κ3) is 3.14. The molecule has 0 spiro atoms. The molecule has 0 atom stereocenters. The summed E-state index contributed by atoms with van der Waals surface area (Å²) in [6.07, 6.45) is 5.43. The van der Waals surface area contributed by atoms with Gasteiger partial charge >= 0.3 is 0 Å². The first-order chi connectivity index (χ1) is 12.6. The van der Waals surface area contributed by atoms with E-state index in [0.29, 0.717) is 15.8 Å². The molecule has 2 aromatic carbocycles. The molecule has 130 valence electrons. The minimum atomic E-state index is 0.271. The molecule has 26 heavy (non-hydrogen) atoms. The molecule has 4 rings (SSSR count). The van der Waals surface area contributed by atoms with Crippen LogP contribution in [0.3, 0.4) is 0 Å². The maximum Gasteiger partial charge on any atom is 0.146 e. The molecular weight excluding hydrogens is 369 g/mol. The highest BCUT2D eigenvalue weighted by Gasteiger charge is 2.12. The number of nitrogens with zero attached hydrogens (tertiary/aromatic N) is 3. The summed E-state index contributed by atoms with van der Waals surface area (Å²) in [6, 6.07) is 13.3. The molecule has 4 nitrogen and oxygen atoms in total. The van der Waals surface area contributed by atoms with Gasteiger partial charge in [-0.25, -0.2) is 9.97 Å². The van der Waals surface area contributed by atoms with Crippen molar-refractivity contribution < 1.29 is 4.74 Å². The number of rotatable bonds is 4. The number of fused-ring (bicyclic) bond motifs is 1. The number of imidazole rings is 1. The molecule has 4 aromatic rings. The zero-order chi connectivity index (χ0) is 18.1. The number of hydrogen-bond acceptors (Lipinski definition) is 3. The van der Waals surface area contributed by atoms with E-state index in [1.54, 1.807) is 24.7 Å². The molecule has 0 radical (unpaired) electrons. The van der Waals surface area contributed by atoms with E-state index in [-0.39, 0.29) is 6.61 Å². The van der Waals surface area contributed by atoms with Gasteiger partial charge in [0.05, 0.1) is 12.0 Å². The van der Waals surface area contributed by atoms with Crippen LogP contribution in [0.15, 0.2) is 61.2 Å². The zero-order valence-corrected chi connectivity index (χ0v) is 15.5. The molecule has 0 fully saturated rings. The van der Waals surface area contributed by atoms with E-state index in [1.165, 1.54) is 0 Å². The summed E-state index contributed by atoms with van der Waals surface area (Å²) in [5.74, 6) is 0.684. The van der Waals surface area contributed by atoms with Gasteiger partial charge in [0.15, 0.2) is 0 Å². The van der Waals surface area contributed by atoms with Crippen LogP contribution < -0.4 is 4.74 Å². The topological polar surface area (TPSA) is 39.9 Å². The number of pyridine rings is 1. The van der Waals surface area contributed by atoms with Gasteiger partial charge in [0.25, 0.3) is 0 Å². The maximum atomic E-state index is 6.24. The Bertz CT molecular complexity index is 1060. The van der Waals surface area contributed by atoms with Crippen LogP contribution in [0.2, 0.25) is 10.0 Å². The lowest BCUT2D eigenvalue weighted by molar-refractivity contribution is 0.309. The van der Waals surface area contributed by atoms with Crippen molar-refractivity contribution in [2.24, 2.45) is 0 Å². The van der Waals surface area contributed by atoms with Crippen LogP contribution in [0.5, 0.6) is 5.75 Å². The highest BCUT2D eigenvalue weighted by molar-refractivity contribution is 6.35. The van der Waals surface area contributed by atoms with E-state index in [9.17, 15) is 0 Å². The van der Waals surface area contributed by atoms with Gasteiger partial charge in [0.2, 0.25) is 0 Å². The summed E-state index contributed by atoms with van der Waals surface area (Å²) < 4.78 is 8.00.